The predicted molar refractivity (Wildman–Crippen MR) is 91.7 cm³/mol. The smallest absolute Gasteiger partial charge is 0.227 e. The first-order valence-corrected chi connectivity index (χ1v) is 9.55. The van der Waals surface area contributed by atoms with Crippen LogP contribution in [0.1, 0.15) is 38.7 Å². The molecule has 128 valence electrons. The summed E-state index contributed by atoms with van der Waals surface area (Å²) in [5.41, 5.74) is 1.10. The normalized spacial score (nSPS) is 28.0. The topological polar surface area (TPSA) is 38.8 Å². The summed E-state index contributed by atoms with van der Waals surface area (Å²) in [7, 11) is 0. The van der Waals surface area contributed by atoms with E-state index in [4.69, 9.17) is 9.47 Å². The maximum atomic E-state index is 12.7. The van der Waals surface area contributed by atoms with Crippen LogP contribution >= 0.6 is 11.3 Å². The molecular weight excluding hydrogens is 310 g/mol. The van der Waals surface area contributed by atoms with Crippen molar-refractivity contribution in [2.24, 2.45) is 5.41 Å². The first-order chi connectivity index (χ1) is 11.1. The van der Waals surface area contributed by atoms with Crippen LogP contribution in [-0.2, 0) is 20.7 Å². The summed E-state index contributed by atoms with van der Waals surface area (Å²) in [4.78, 5) is 14.7. The van der Waals surface area contributed by atoms with Gasteiger partial charge in [-0.15, -0.1) is 0 Å². The van der Waals surface area contributed by atoms with Crippen LogP contribution in [0.4, 0.5) is 0 Å². The standard InChI is InChI=1S/C18H27NO3S/c1-14(2)22-13-18-6-3-8-21-16(18)4-7-19(12-18)17(20)10-15-5-9-23-11-15/h5,9,11,14,16H,3-4,6-8,10,12-13H2,1-2H3/t16-,18-/m1/s1. The Bertz CT molecular complexity index is 516. The van der Waals surface area contributed by atoms with Gasteiger partial charge in [0, 0.05) is 25.1 Å². The summed E-state index contributed by atoms with van der Waals surface area (Å²) >= 11 is 1.65. The third-order valence-electron chi connectivity index (χ3n) is 4.98. The molecule has 3 heterocycles. The largest absolute Gasteiger partial charge is 0.378 e. The minimum absolute atomic E-state index is 0.0227. The van der Waals surface area contributed by atoms with Crippen molar-refractivity contribution < 1.29 is 14.3 Å². The molecule has 0 aromatic carbocycles. The number of thiophene rings is 1. The molecule has 1 amide bonds. The number of hydrogen-bond donors (Lipinski definition) is 0. The van der Waals surface area contributed by atoms with Gasteiger partial charge in [0.05, 0.1) is 25.2 Å². The summed E-state index contributed by atoms with van der Waals surface area (Å²) in [5.74, 6) is 0.233. The van der Waals surface area contributed by atoms with E-state index in [0.717, 1.165) is 44.5 Å². The van der Waals surface area contributed by atoms with Gasteiger partial charge in [-0.2, -0.15) is 11.3 Å². The summed E-state index contributed by atoms with van der Waals surface area (Å²) < 4.78 is 12.0. The van der Waals surface area contributed by atoms with E-state index in [0.29, 0.717) is 13.0 Å². The number of fused-ring (bicyclic) bond motifs is 1. The third-order valence-corrected chi connectivity index (χ3v) is 5.71. The van der Waals surface area contributed by atoms with Crippen LogP contribution in [0.5, 0.6) is 0 Å². The van der Waals surface area contributed by atoms with Crippen molar-refractivity contribution in [2.75, 3.05) is 26.3 Å². The van der Waals surface area contributed by atoms with Gasteiger partial charge in [0.2, 0.25) is 5.91 Å². The highest BCUT2D eigenvalue weighted by molar-refractivity contribution is 7.07. The molecule has 3 rings (SSSR count). The zero-order valence-corrected chi connectivity index (χ0v) is 14.9. The monoisotopic (exact) mass is 337 g/mol. The Morgan fingerprint density at radius 2 is 2.43 bits per heavy atom. The molecule has 0 radical (unpaired) electrons. The molecule has 0 aliphatic carbocycles. The Kier molecular flexibility index (Phi) is 5.39. The van der Waals surface area contributed by atoms with Crippen LogP contribution in [0.15, 0.2) is 16.8 Å². The first kappa shape index (κ1) is 16.9. The SMILES string of the molecule is CC(C)OC[C@]12CCCO[C@@H]1CCN(C(=O)Cc1ccsc1)C2. The number of ether oxygens (including phenoxy) is 2. The van der Waals surface area contributed by atoms with E-state index in [2.05, 4.69) is 19.2 Å². The number of likely N-dealkylation sites (tertiary alicyclic amines) is 1. The van der Waals surface area contributed by atoms with E-state index in [-0.39, 0.29) is 23.5 Å². The van der Waals surface area contributed by atoms with Crippen molar-refractivity contribution in [3.8, 4) is 0 Å². The molecule has 2 aliphatic rings. The second-order valence-electron chi connectivity index (χ2n) is 7.10. The zero-order chi connectivity index (χ0) is 16.3. The van der Waals surface area contributed by atoms with E-state index < -0.39 is 0 Å². The van der Waals surface area contributed by atoms with Crippen LogP contribution in [0.2, 0.25) is 0 Å². The van der Waals surface area contributed by atoms with E-state index in [1.807, 2.05) is 16.3 Å². The second-order valence-corrected chi connectivity index (χ2v) is 7.88. The minimum atomic E-state index is -0.0227. The van der Waals surface area contributed by atoms with Gasteiger partial charge in [0.15, 0.2) is 0 Å². The van der Waals surface area contributed by atoms with Crippen LogP contribution in [0.25, 0.3) is 0 Å². The number of carbonyl (C=O) groups is 1. The molecule has 1 aromatic heterocycles. The predicted octanol–water partition coefficient (Wildman–Crippen LogP) is 3.11. The molecule has 0 saturated carbocycles. The number of hydrogen-bond acceptors (Lipinski definition) is 4. The number of carbonyl (C=O) groups excluding carboxylic acids is 1. The molecule has 2 atom stereocenters. The van der Waals surface area contributed by atoms with Gasteiger partial charge in [-0.3, -0.25) is 4.79 Å². The zero-order valence-electron chi connectivity index (χ0n) is 14.1. The minimum Gasteiger partial charge on any atom is -0.378 e. The molecule has 0 bridgehead atoms. The lowest BCUT2D eigenvalue weighted by Crippen LogP contribution is -2.58. The van der Waals surface area contributed by atoms with Crippen molar-refractivity contribution in [1.29, 1.82) is 0 Å². The lowest BCUT2D eigenvalue weighted by Gasteiger charge is -2.50. The fourth-order valence-corrected chi connectivity index (χ4v) is 4.39. The average Bonchev–Trinajstić information content (AvgIpc) is 3.05. The van der Waals surface area contributed by atoms with Crippen molar-refractivity contribution >= 4 is 17.2 Å². The average molecular weight is 337 g/mol. The molecule has 2 saturated heterocycles. The fraction of sp³-hybridized carbons (Fsp3) is 0.722. The van der Waals surface area contributed by atoms with Gasteiger partial charge >= 0.3 is 0 Å². The van der Waals surface area contributed by atoms with Gasteiger partial charge in [0.1, 0.15) is 0 Å². The fourth-order valence-electron chi connectivity index (χ4n) is 3.73. The number of amides is 1. The van der Waals surface area contributed by atoms with Gasteiger partial charge in [-0.25, -0.2) is 0 Å². The van der Waals surface area contributed by atoms with Gasteiger partial charge < -0.3 is 14.4 Å². The lowest BCUT2D eigenvalue weighted by molar-refractivity contribution is -0.167. The van der Waals surface area contributed by atoms with Crippen LogP contribution < -0.4 is 0 Å². The van der Waals surface area contributed by atoms with E-state index in [9.17, 15) is 4.79 Å². The molecule has 0 spiro atoms. The molecule has 4 nitrogen and oxygen atoms in total. The van der Waals surface area contributed by atoms with Crippen LogP contribution in [-0.4, -0.2) is 49.3 Å². The molecule has 2 aliphatic heterocycles. The van der Waals surface area contributed by atoms with Gasteiger partial charge in [0.25, 0.3) is 0 Å². The van der Waals surface area contributed by atoms with Crippen molar-refractivity contribution in [3.63, 3.8) is 0 Å². The summed E-state index contributed by atoms with van der Waals surface area (Å²) in [5, 5.41) is 4.09. The summed E-state index contributed by atoms with van der Waals surface area (Å²) in [6.07, 6.45) is 4.04. The van der Waals surface area contributed by atoms with Crippen LogP contribution in [0.3, 0.4) is 0 Å². The van der Waals surface area contributed by atoms with E-state index >= 15 is 0 Å². The number of rotatable bonds is 5. The highest BCUT2D eigenvalue weighted by Crippen LogP contribution is 2.40. The van der Waals surface area contributed by atoms with Gasteiger partial charge in [-0.05, 0) is 55.5 Å². The molecule has 23 heavy (non-hydrogen) atoms. The Balaban J connectivity index is 1.68. The summed E-state index contributed by atoms with van der Waals surface area (Å²) in [6, 6.07) is 2.04. The van der Waals surface area contributed by atoms with Crippen molar-refractivity contribution in [3.05, 3.63) is 22.4 Å². The quantitative estimate of drug-likeness (QED) is 0.829. The van der Waals surface area contributed by atoms with E-state index in [1.165, 1.54) is 0 Å². The third kappa shape index (κ3) is 3.95. The molecule has 1 aromatic rings. The highest BCUT2D eigenvalue weighted by Gasteiger charge is 2.47. The molecule has 5 heteroatoms. The Labute approximate surface area is 142 Å². The number of nitrogens with zero attached hydrogens (tertiary/aromatic N) is 1. The van der Waals surface area contributed by atoms with E-state index in [1.54, 1.807) is 11.3 Å². The lowest BCUT2D eigenvalue weighted by atomic mass is 9.73. The van der Waals surface area contributed by atoms with Crippen molar-refractivity contribution in [2.45, 2.75) is 51.7 Å². The maximum absolute atomic E-state index is 12.7. The molecule has 2 fully saturated rings. The Morgan fingerprint density at radius 1 is 1.57 bits per heavy atom. The molecule has 0 N–H and O–H groups in total. The first-order valence-electron chi connectivity index (χ1n) is 8.61. The maximum Gasteiger partial charge on any atom is 0.227 e. The summed E-state index contributed by atoms with van der Waals surface area (Å²) in [6.45, 7) is 7.24. The Morgan fingerprint density at radius 3 is 3.17 bits per heavy atom. The Hall–Kier alpha value is -0.910. The highest BCUT2D eigenvalue weighted by atomic mass is 32.1. The van der Waals surface area contributed by atoms with Crippen LogP contribution in [0, 0.1) is 5.41 Å². The molecule has 0 unspecified atom stereocenters. The van der Waals surface area contributed by atoms with Crippen molar-refractivity contribution in [1.82, 2.24) is 4.90 Å². The number of piperidine rings is 1. The molecular formula is C18H27NO3S. The second kappa shape index (κ2) is 7.32. The van der Waals surface area contributed by atoms with Gasteiger partial charge in [-0.1, -0.05) is 0 Å².